The van der Waals surface area contributed by atoms with Crippen LogP contribution in [0.1, 0.15) is 0 Å². The molecule has 2 aromatic rings. The van der Waals surface area contributed by atoms with Crippen molar-refractivity contribution in [2.24, 2.45) is 17.6 Å². The van der Waals surface area contributed by atoms with Crippen molar-refractivity contribution >= 4 is 17.5 Å². The largest absolute Gasteiger partial charge is 0.442 e. The summed E-state index contributed by atoms with van der Waals surface area (Å²) < 4.78 is 36.2. The molecule has 10 heteroatoms. The lowest BCUT2D eigenvalue weighted by atomic mass is 10.2. The van der Waals surface area contributed by atoms with E-state index in [1.165, 1.54) is 27.9 Å². The number of amides is 1. The second-order valence-corrected chi connectivity index (χ2v) is 7.31. The second-order valence-electron chi connectivity index (χ2n) is 7.31. The fourth-order valence-corrected chi connectivity index (χ4v) is 4.13. The molecule has 3 heterocycles. The van der Waals surface area contributed by atoms with Gasteiger partial charge in [-0.3, -0.25) is 4.90 Å². The van der Waals surface area contributed by atoms with E-state index < -0.39 is 23.8 Å². The van der Waals surface area contributed by atoms with Gasteiger partial charge in [0.15, 0.2) is 11.6 Å². The summed E-state index contributed by atoms with van der Waals surface area (Å²) in [6, 6.07) is 2.51. The molecule has 0 spiro atoms. The Balaban J connectivity index is 1.34. The minimum Gasteiger partial charge on any atom is -0.442 e. The lowest BCUT2D eigenvalue weighted by Gasteiger charge is -2.24. The summed E-state index contributed by atoms with van der Waals surface area (Å²) in [7, 11) is 0. The van der Waals surface area contributed by atoms with Crippen LogP contribution in [0.25, 0.3) is 0 Å². The van der Waals surface area contributed by atoms with Crippen molar-refractivity contribution in [3.05, 3.63) is 36.2 Å². The van der Waals surface area contributed by atoms with Gasteiger partial charge in [0.25, 0.3) is 0 Å². The third kappa shape index (κ3) is 2.71. The highest BCUT2D eigenvalue weighted by Gasteiger charge is 2.54. The van der Waals surface area contributed by atoms with Gasteiger partial charge in [0, 0.05) is 37.5 Å². The van der Waals surface area contributed by atoms with Crippen LogP contribution in [0.2, 0.25) is 0 Å². The number of nitrogens with two attached hydrogens (primary N) is 1. The first-order valence-corrected chi connectivity index (χ1v) is 8.83. The minimum atomic E-state index is -0.688. The molecule has 3 aliphatic rings. The van der Waals surface area contributed by atoms with Crippen molar-refractivity contribution in [2.45, 2.75) is 18.7 Å². The molecule has 1 saturated carbocycles. The number of anilines is 2. The highest BCUT2D eigenvalue weighted by atomic mass is 19.1. The summed E-state index contributed by atoms with van der Waals surface area (Å²) in [6.07, 6.45) is 2.06. The van der Waals surface area contributed by atoms with Crippen molar-refractivity contribution in [1.82, 2.24) is 15.0 Å². The molecule has 4 atom stereocenters. The molecule has 2 aliphatic heterocycles. The van der Waals surface area contributed by atoms with Crippen molar-refractivity contribution in [3.8, 4) is 0 Å². The minimum absolute atomic E-state index is 0.0510. The second kappa shape index (κ2) is 5.88. The van der Waals surface area contributed by atoms with E-state index in [1.54, 1.807) is 11.1 Å². The first-order chi connectivity index (χ1) is 13.0. The molecule has 1 unspecified atom stereocenters. The molecule has 8 nitrogen and oxygen atoms in total. The summed E-state index contributed by atoms with van der Waals surface area (Å²) in [6.45, 7) is 1.62. The summed E-state index contributed by atoms with van der Waals surface area (Å²) in [4.78, 5) is 15.1. The van der Waals surface area contributed by atoms with Crippen LogP contribution in [-0.4, -0.2) is 52.9 Å². The Kier molecular flexibility index (Phi) is 3.58. The van der Waals surface area contributed by atoms with Gasteiger partial charge in [0.05, 0.1) is 25.0 Å². The van der Waals surface area contributed by atoms with Gasteiger partial charge in [-0.05, 0) is 11.8 Å². The van der Waals surface area contributed by atoms with Gasteiger partial charge in [0.2, 0.25) is 0 Å². The van der Waals surface area contributed by atoms with Crippen LogP contribution in [-0.2, 0) is 11.3 Å². The summed E-state index contributed by atoms with van der Waals surface area (Å²) in [5, 5.41) is 7.52. The number of carbonyl (C=O) groups is 1. The number of carbonyl (C=O) groups excluding carboxylic acids is 1. The summed E-state index contributed by atoms with van der Waals surface area (Å²) in [5.74, 6) is -0.746. The lowest BCUT2D eigenvalue weighted by molar-refractivity contribution is 0.129. The van der Waals surface area contributed by atoms with Gasteiger partial charge in [-0.25, -0.2) is 18.3 Å². The van der Waals surface area contributed by atoms with Gasteiger partial charge >= 0.3 is 6.09 Å². The van der Waals surface area contributed by atoms with Crippen LogP contribution < -0.4 is 15.5 Å². The third-order valence-electron chi connectivity index (χ3n) is 5.63. The van der Waals surface area contributed by atoms with Crippen LogP contribution in [0, 0.1) is 23.5 Å². The normalized spacial score (nSPS) is 29.2. The first kappa shape index (κ1) is 16.4. The Morgan fingerprint density at radius 1 is 1.19 bits per heavy atom. The number of rotatable bonds is 4. The fraction of sp³-hybridized carbons (Fsp3) is 0.471. The zero-order valence-electron chi connectivity index (χ0n) is 14.3. The zero-order chi connectivity index (χ0) is 18.7. The number of piperidine rings is 1. The molecule has 0 bridgehead atoms. The molecule has 3 fully saturated rings. The molecule has 1 aromatic carbocycles. The smallest absolute Gasteiger partial charge is 0.414 e. The number of benzene rings is 1. The van der Waals surface area contributed by atoms with Crippen molar-refractivity contribution in [2.75, 3.05) is 29.4 Å². The maximum atomic E-state index is 14.7. The van der Waals surface area contributed by atoms with E-state index in [2.05, 4.69) is 10.3 Å². The van der Waals surface area contributed by atoms with Gasteiger partial charge in [0.1, 0.15) is 11.8 Å². The molecule has 2 saturated heterocycles. The Hall–Kier alpha value is -2.75. The molecule has 5 rings (SSSR count). The van der Waals surface area contributed by atoms with Gasteiger partial charge in [-0.15, -0.1) is 5.10 Å². The average Bonchev–Trinajstić information content (AvgIpc) is 3.12. The van der Waals surface area contributed by atoms with E-state index >= 15 is 0 Å². The van der Waals surface area contributed by atoms with Gasteiger partial charge in [-0.1, -0.05) is 5.21 Å². The monoisotopic (exact) mass is 376 g/mol. The molecule has 1 amide bonds. The Labute approximate surface area is 153 Å². The third-order valence-corrected chi connectivity index (χ3v) is 5.63. The van der Waals surface area contributed by atoms with Crippen molar-refractivity contribution < 1.29 is 18.3 Å². The number of halogens is 2. The first-order valence-electron chi connectivity index (χ1n) is 8.83. The SMILES string of the molecule is NC1[C@H]2CN(c3c(F)cc(N4C[C@H](Cn5ccnn5)OC4=O)cc3F)C[C@@H]12. The van der Waals surface area contributed by atoms with E-state index in [0.717, 1.165) is 0 Å². The molecular weight excluding hydrogens is 358 g/mol. The van der Waals surface area contributed by atoms with Gasteiger partial charge < -0.3 is 15.4 Å². The van der Waals surface area contributed by atoms with Crippen LogP contribution in [0.15, 0.2) is 24.5 Å². The number of fused-ring (bicyclic) bond motifs is 1. The number of cyclic esters (lactones) is 1. The number of hydrogen-bond acceptors (Lipinski definition) is 6. The number of ether oxygens (including phenoxy) is 1. The highest BCUT2D eigenvalue weighted by molar-refractivity contribution is 5.90. The van der Waals surface area contributed by atoms with E-state index in [0.29, 0.717) is 31.5 Å². The Morgan fingerprint density at radius 2 is 1.89 bits per heavy atom. The number of hydrogen-bond donors (Lipinski definition) is 1. The molecule has 0 radical (unpaired) electrons. The molecule has 1 aliphatic carbocycles. The summed E-state index contributed by atoms with van der Waals surface area (Å²) >= 11 is 0. The zero-order valence-corrected chi connectivity index (χ0v) is 14.3. The molecule has 2 N–H and O–H groups in total. The maximum Gasteiger partial charge on any atom is 0.414 e. The predicted molar refractivity (Wildman–Crippen MR) is 91.2 cm³/mol. The van der Waals surface area contributed by atoms with E-state index in [4.69, 9.17) is 10.5 Å². The Morgan fingerprint density at radius 3 is 2.52 bits per heavy atom. The predicted octanol–water partition coefficient (Wildman–Crippen LogP) is 0.975. The van der Waals surface area contributed by atoms with Crippen molar-refractivity contribution in [3.63, 3.8) is 0 Å². The van der Waals surface area contributed by atoms with E-state index in [-0.39, 0.29) is 24.0 Å². The average molecular weight is 376 g/mol. The van der Waals surface area contributed by atoms with Crippen LogP contribution in [0.4, 0.5) is 25.0 Å². The number of nitrogens with zero attached hydrogens (tertiary/aromatic N) is 5. The number of aromatic nitrogens is 3. The quantitative estimate of drug-likeness (QED) is 0.856. The molecule has 1 aromatic heterocycles. The Bertz CT molecular complexity index is 857. The van der Waals surface area contributed by atoms with Crippen LogP contribution in [0.3, 0.4) is 0 Å². The molecule has 27 heavy (non-hydrogen) atoms. The van der Waals surface area contributed by atoms with Gasteiger partial charge in [-0.2, -0.15) is 0 Å². The highest BCUT2D eigenvalue weighted by Crippen LogP contribution is 2.46. The van der Waals surface area contributed by atoms with Crippen molar-refractivity contribution in [1.29, 1.82) is 0 Å². The standard InChI is InChI=1S/C17H18F2N6O2/c18-13-3-9(4-14(19)16(13)23-7-11-12(8-23)15(11)20)25-6-10(27-17(25)26)5-24-2-1-21-22-24/h1-4,10-12,15H,5-8,20H2/t10-,11-,12+,15?/m0/s1. The maximum absolute atomic E-state index is 14.7. The molecule has 142 valence electrons. The van der Waals surface area contributed by atoms with E-state index in [9.17, 15) is 13.6 Å². The topological polar surface area (TPSA) is 89.5 Å². The fourth-order valence-electron chi connectivity index (χ4n) is 4.13. The summed E-state index contributed by atoms with van der Waals surface area (Å²) in [5.41, 5.74) is 5.98. The van der Waals surface area contributed by atoms with E-state index in [1.807, 2.05) is 0 Å². The van der Waals surface area contributed by atoms with Crippen LogP contribution in [0.5, 0.6) is 0 Å². The van der Waals surface area contributed by atoms with Crippen LogP contribution >= 0.6 is 0 Å². The lowest BCUT2D eigenvalue weighted by Crippen LogP contribution is -2.30. The molecular formula is C17H18F2N6O2.